The van der Waals surface area contributed by atoms with E-state index in [2.05, 4.69) is 20.3 Å². The molecule has 0 unspecified atom stereocenters. The molecule has 28 heavy (non-hydrogen) atoms. The molecular weight excluding hydrogens is 380 g/mol. The number of rotatable bonds is 4. The van der Waals surface area contributed by atoms with Crippen molar-refractivity contribution in [1.29, 1.82) is 5.41 Å². The number of nitrogen functional groups attached to an aromatic ring is 1. The van der Waals surface area contributed by atoms with E-state index in [0.717, 1.165) is 0 Å². The molecule has 3 aromatic rings. The molecule has 0 amide bonds. The molecule has 9 heteroatoms. The summed E-state index contributed by atoms with van der Waals surface area (Å²) in [4.78, 5) is 23.2. The average molecular weight is 401 g/mol. The lowest BCUT2D eigenvalue weighted by Crippen LogP contribution is -2.28. The van der Waals surface area contributed by atoms with Crippen molar-refractivity contribution in [3.05, 3.63) is 46.4 Å². The Labute approximate surface area is 167 Å². The minimum atomic E-state index is -0.493. The molecular formula is C19H21ClN6O2. The highest BCUT2D eigenvalue weighted by Gasteiger charge is 2.22. The lowest BCUT2D eigenvalue weighted by Gasteiger charge is -2.23. The van der Waals surface area contributed by atoms with Crippen molar-refractivity contribution in [3.8, 4) is 0 Å². The second-order valence-corrected chi connectivity index (χ2v) is 7.73. The number of benzene rings is 1. The van der Waals surface area contributed by atoms with Crippen LogP contribution < -0.4 is 11.1 Å². The predicted molar refractivity (Wildman–Crippen MR) is 110 cm³/mol. The van der Waals surface area contributed by atoms with Crippen LogP contribution in [0.1, 0.15) is 42.4 Å². The topological polar surface area (TPSA) is 130 Å². The van der Waals surface area contributed by atoms with Gasteiger partial charge in [-0.3, -0.25) is 5.41 Å². The fourth-order valence-corrected chi connectivity index (χ4v) is 3.07. The molecule has 3 rings (SSSR count). The number of nitrogens with two attached hydrogens (primary N) is 1. The zero-order valence-electron chi connectivity index (χ0n) is 16.0. The van der Waals surface area contributed by atoms with Gasteiger partial charge in [0.1, 0.15) is 18.0 Å². The van der Waals surface area contributed by atoms with Crippen molar-refractivity contribution >= 4 is 45.8 Å². The molecule has 5 N–H and O–H groups in total. The number of aromatic amines is 1. The molecule has 8 nitrogen and oxygen atoms in total. The van der Waals surface area contributed by atoms with Crippen LogP contribution in [0.5, 0.6) is 0 Å². The van der Waals surface area contributed by atoms with Crippen LogP contribution in [0.4, 0.5) is 11.6 Å². The maximum Gasteiger partial charge on any atom is 0.337 e. The number of methoxy groups -OCH3 is 1. The van der Waals surface area contributed by atoms with Crippen molar-refractivity contribution in [2.75, 3.05) is 18.2 Å². The first kappa shape index (κ1) is 19.6. The fourth-order valence-electron chi connectivity index (χ4n) is 2.79. The quantitative estimate of drug-likeness (QED) is 0.391. The Hall–Kier alpha value is -3.13. The summed E-state index contributed by atoms with van der Waals surface area (Å²) < 4.78 is 4.75. The van der Waals surface area contributed by atoms with Gasteiger partial charge >= 0.3 is 5.97 Å². The van der Waals surface area contributed by atoms with Crippen LogP contribution in [0.2, 0.25) is 5.02 Å². The normalized spacial score (nSPS) is 11.5. The highest BCUT2D eigenvalue weighted by molar-refractivity contribution is 6.36. The Bertz CT molecular complexity index is 1080. The number of esters is 1. The summed E-state index contributed by atoms with van der Waals surface area (Å²) in [7, 11) is 1.30. The fraction of sp³-hybridized carbons (Fsp3) is 0.263. The molecule has 0 fully saturated rings. The van der Waals surface area contributed by atoms with E-state index in [1.54, 1.807) is 12.1 Å². The first-order chi connectivity index (χ1) is 13.1. The maximum atomic E-state index is 11.8. The standard InChI is InChI=1S/C19H21ClN6O2/c1-19(2,3)26-17-14(16(22)23-8-24-17)15(21)13-7-10-11(20)5-9(18(27)28-4)6-12(10)25-13/h5-8,21,25H,1-4H3,(H3,22,23,24,26). The van der Waals surface area contributed by atoms with Gasteiger partial charge in [0.2, 0.25) is 0 Å². The highest BCUT2D eigenvalue weighted by atomic mass is 35.5. The number of H-pyrrole nitrogens is 1. The van der Waals surface area contributed by atoms with Crippen molar-refractivity contribution < 1.29 is 9.53 Å². The minimum Gasteiger partial charge on any atom is -0.465 e. The van der Waals surface area contributed by atoms with E-state index in [1.165, 1.54) is 19.5 Å². The molecule has 2 aromatic heterocycles. The predicted octanol–water partition coefficient (Wildman–Crippen LogP) is 3.61. The van der Waals surface area contributed by atoms with Gasteiger partial charge in [0, 0.05) is 16.4 Å². The van der Waals surface area contributed by atoms with Crippen LogP contribution in [0.3, 0.4) is 0 Å². The van der Waals surface area contributed by atoms with E-state index < -0.39 is 5.97 Å². The van der Waals surface area contributed by atoms with E-state index in [4.69, 9.17) is 27.5 Å². The number of anilines is 2. The number of nitrogens with zero attached hydrogens (tertiary/aromatic N) is 2. The Morgan fingerprint density at radius 2 is 2.00 bits per heavy atom. The number of halogens is 1. The van der Waals surface area contributed by atoms with Gasteiger partial charge in [-0.05, 0) is 39.0 Å². The molecule has 0 atom stereocenters. The number of hydrogen-bond acceptors (Lipinski definition) is 7. The van der Waals surface area contributed by atoms with Gasteiger partial charge in [0.05, 0.1) is 34.7 Å². The second kappa shape index (κ2) is 7.12. The van der Waals surface area contributed by atoms with Gasteiger partial charge in [-0.25, -0.2) is 14.8 Å². The van der Waals surface area contributed by atoms with Gasteiger partial charge in [-0.2, -0.15) is 0 Å². The monoisotopic (exact) mass is 400 g/mol. The zero-order chi connectivity index (χ0) is 20.6. The number of hydrogen-bond donors (Lipinski definition) is 4. The van der Waals surface area contributed by atoms with Gasteiger partial charge in [-0.1, -0.05) is 11.6 Å². The summed E-state index contributed by atoms with van der Waals surface area (Å²) >= 11 is 6.32. The SMILES string of the molecule is COC(=O)c1cc(Cl)c2cc(C(=N)c3c(N)ncnc3NC(C)(C)C)[nH]c2c1. The van der Waals surface area contributed by atoms with Gasteiger partial charge in [0.25, 0.3) is 0 Å². The van der Waals surface area contributed by atoms with E-state index in [-0.39, 0.29) is 17.1 Å². The summed E-state index contributed by atoms with van der Waals surface area (Å²) in [6.07, 6.45) is 1.35. The maximum absolute atomic E-state index is 11.8. The third-order valence-electron chi connectivity index (χ3n) is 4.00. The summed E-state index contributed by atoms with van der Waals surface area (Å²) in [6.45, 7) is 5.95. The molecule has 2 heterocycles. The zero-order valence-corrected chi connectivity index (χ0v) is 16.7. The Balaban J connectivity index is 2.10. The Morgan fingerprint density at radius 3 is 2.64 bits per heavy atom. The first-order valence-electron chi connectivity index (χ1n) is 8.49. The molecule has 0 radical (unpaired) electrons. The molecule has 1 aromatic carbocycles. The van der Waals surface area contributed by atoms with E-state index in [0.29, 0.717) is 38.6 Å². The van der Waals surface area contributed by atoms with Crippen molar-refractivity contribution in [1.82, 2.24) is 15.0 Å². The van der Waals surface area contributed by atoms with Crippen LogP contribution in [0.25, 0.3) is 10.9 Å². The van der Waals surface area contributed by atoms with Crippen molar-refractivity contribution in [2.24, 2.45) is 0 Å². The number of fused-ring (bicyclic) bond motifs is 1. The number of nitrogens with one attached hydrogen (secondary N) is 3. The largest absolute Gasteiger partial charge is 0.465 e. The third-order valence-corrected chi connectivity index (χ3v) is 4.31. The lowest BCUT2D eigenvalue weighted by atomic mass is 10.1. The Kier molecular flexibility index (Phi) is 4.99. The number of carbonyl (C=O) groups excluding carboxylic acids is 1. The van der Waals surface area contributed by atoms with E-state index in [1.807, 2.05) is 20.8 Å². The Morgan fingerprint density at radius 1 is 1.29 bits per heavy atom. The summed E-state index contributed by atoms with van der Waals surface area (Å²) in [5.41, 5.74) is 7.65. The molecule has 0 spiro atoms. The van der Waals surface area contributed by atoms with Gasteiger partial charge < -0.3 is 20.8 Å². The van der Waals surface area contributed by atoms with Crippen LogP contribution in [0.15, 0.2) is 24.5 Å². The van der Waals surface area contributed by atoms with Crippen molar-refractivity contribution in [3.63, 3.8) is 0 Å². The third kappa shape index (κ3) is 3.77. The molecule has 0 saturated heterocycles. The molecule has 146 valence electrons. The van der Waals surface area contributed by atoms with Crippen LogP contribution >= 0.6 is 11.6 Å². The summed E-state index contributed by atoms with van der Waals surface area (Å²) in [5.74, 6) is 0.157. The first-order valence-corrected chi connectivity index (χ1v) is 8.87. The summed E-state index contributed by atoms with van der Waals surface area (Å²) in [6, 6.07) is 4.89. The van der Waals surface area contributed by atoms with Crippen LogP contribution in [-0.2, 0) is 4.74 Å². The lowest BCUT2D eigenvalue weighted by molar-refractivity contribution is 0.0601. The molecule has 0 aliphatic heterocycles. The smallest absolute Gasteiger partial charge is 0.337 e. The van der Waals surface area contributed by atoms with E-state index >= 15 is 0 Å². The molecule has 0 bridgehead atoms. The average Bonchev–Trinajstić information content (AvgIpc) is 3.04. The number of ether oxygens (including phenoxy) is 1. The number of aromatic nitrogens is 3. The van der Waals surface area contributed by atoms with Crippen LogP contribution in [0, 0.1) is 5.41 Å². The highest BCUT2D eigenvalue weighted by Crippen LogP contribution is 2.29. The van der Waals surface area contributed by atoms with Gasteiger partial charge in [0.15, 0.2) is 0 Å². The van der Waals surface area contributed by atoms with Crippen LogP contribution in [-0.4, -0.2) is 39.3 Å². The molecule has 0 aliphatic rings. The van der Waals surface area contributed by atoms with Crippen molar-refractivity contribution in [2.45, 2.75) is 26.3 Å². The minimum absolute atomic E-state index is 0.108. The molecule has 0 saturated carbocycles. The van der Waals surface area contributed by atoms with E-state index in [9.17, 15) is 4.79 Å². The molecule has 0 aliphatic carbocycles. The second-order valence-electron chi connectivity index (χ2n) is 7.33. The van der Waals surface area contributed by atoms with Gasteiger partial charge in [-0.15, -0.1) is 0 Å². The number of carbonyl (C=O) groups is 1. The summed E-state index contributed by atoms with van der Waals surface area (Å²) in [5, 5.41) is 13.0.